The summed E-state index contributed by atoms with van der Waals surface area (Å²) in [6.45, 7) is 13.6. The molecule has 2 rings (SSSR count). The number of hydrogen-bond donors (Lipinski definition) is 2. The molecule has 0 spiro atoms. The van der Waals surface area contributed by atoms with E-state index in [9.17, 15) is 4.79 Å². The number of aromatic nitrogens is 2. The first-order valence-corrected chi connectivity index (χ1v) is 8.36. The molecule has 2 N–H and O–H groups in total. The lowest BCUT2D eigenvalue weighted by molar-refractivity contribution is 0.0228. The average molecular weight is 322 g/mol. The van der Waals surface area contributed by atoms with Gasteiger partial charge < -0.3 is 15.4 Å². The van der Waals surface area contributed by atoms with Crippen molar-refractivity contribution < 1.29 is 9.53 Å². The van der Waals surface area contributed by atoms with E-state index in [0.29, 0.717) is 6.54 Å². The second-order valence-corrected chi connectivity index (χ2v) is 7.74. The van der Waals surface area contributed by atoms with Gasteiger partial charge in [0.05, 0.1) is 22.9 Å². The van der Waals surface area contributed by atoms with Gasteiger partial charge in [-0.05, 0) is 54.4 Å². The number of rotatable bonds is 4. The van der Waals surface area contributed by atoms with E-state index < -0.39 is 0 Å². The molecule has 0 aromatic carbocycles. The highest BCUT2D eigenvalue weighted by atomic mass is 16.5. The number of nitrogens with zero attached hydrogens (tertiary/aromatic N) is 2. The van der Waals surface area contributed by atoms with E-state index in [2.05, 4.69) is 36.5 Å². The molecule has 23 heavy (non-hydrogen) atoms. The first-order valence-electron chi connectivity index (χ1n) is 8.36. The molecular weight excluding hydrogens is 292 g/mol. The van der Waals surface area contributed by atoms with Crippen molar-refractivity contribution in [2.75, 3.05) is 13.2 Å². The number of urea groups is 1. The molecule has 1 aromatic heterocycles. The first-order chi connectivity index (χ1) is 10.6. The summed E-state index contributed by atoms with van der Waals surface area (Å²) in [7, 11) is 0. The molecule has 0 unspecified atom stereocenters. The molecule has 6 heteroatoms. The number of nitrogens with one attached hydrogen (secondary N) is 2. The number of carbonyl (C=O) groups is 1. The van der Waals surface area contributed by atoms with Crippen LogP contribution >= 0.6 is 0 Å². The first kappa shape index (κ1) is 17.8. The molecule has 1 aliphatic heterocycles. The summed E-state index contributed by atoms with van der Waals surface area (Å²) in [5.41, 5.74) is 1.68. The quantitative estimate of drug-likeness (QED) is 0.895. The van der Waals surface area contributed by atoms with Crippen molar-refractivity contribution in [2.24, 2.45) is 0 Å². The Labute approximate surface area is 139 Å². The minimum atomic E-state index is -0.229. The molecule has 6 nitrogen and oxygen atoms in total. The summed E-state index contributed by atoms with van der Waals surface area (Å²) in [6, 6.07) is -0.263. The van der Waals surface area contributed by atoms with Crippen molar-refractivity contribution in [1.82, 2.24) is 20.4 Å². The van der Waals surface area contributed by atoms with Gasteiger partial charge in [-0.3, -0.25) is 4.68 Å². The summed E-state index contributed by atoms with van der Waals surface area (Å²) < 4.78 is 7.63. The number of amides is 2. The van der Waals surface area contributed by atoms with Crippen LogP contribution in [0.5, 0.6) is 0 Å². The van der Waals surface area contributed by atoms with Gasteiger partial charge in [0.25, 0.3) is 0 Å². The molecule has 0 bridgehead atoms. The van der Waals surface area contributed by atoms with E-state index in [1.54, 1.807) is 0 Å². The third-order valence-corrected chi connectivity index (χ3v) is 4.36. The minimum absolute atomic E-state index is 0.0700. The Bertz CT molecular complexity index is 553. The molecular formula is C17H30N4O2. The Balaban J connectivity index is 1.92. The zero-order valence-electron chi connectivity index (χ0n) is 15.2. The SMILES string of the molecule is Cc1nn(C(C)(C)C)cc1[C@@H](C)NC(=O)NC[C@@]1(C)CCCO1. The van der Waals surface area contributed by atoms with E-state index in [-0.39, 0.29) is 23.2 Å². The standard InChI is InChI=1S/C17H30N4O2/c1-12(14-10-21(16(3,4)5)20-13(14)2)19-15(22)18-11-17(6)8-7-9-23-17/h10,12H,7-9,11H2,1-6H3,(H2,18,19,22)/t12-,17-/m1/s1. The maximum absolute atomic E-state index is 12.1. The number of carbonyl (C=O) groups excluding carboxylic acids is 1. The Kier molecular flexibility index (Phi) is 5.04. The number of aryl methyl sites for hydroxylation is 1. The molecule has 0 radical (unpaired) electrons. The molecule has 1 fully saturated rings. The molecule has 2 heterocycles. The van der Waals surface area contributed by atoms with Crippen LogP contribution in [-0.2, 0) is 10.3 Å². The van der Waals surface area contributed by atoms with Crippen molar-refractivity contribution >= 4 is 6.03 Å². The van der Waals surface area contributed by atoms with Crippen molar-refractivity contribution in [3.05, 3.63) is 17.5 Å². The Hall–Kier alpha value is -1.56. The fraction of sp³-hybridized carbons (Fsp3) is 0.765. The van der Waals surface area contributed by atoms with Crippen molar-refractivity contribution in [3.63, 3.8) is 0 Å². The maximum Gasteiger partial charge on any atom is 0.315 e. The molecule has 130 valence electrons. The molecule has 1 saturated heterocycles. The van der Waals surface area contributed by atoms with Gasteiger partial charge in [-0.25, -0.2) is 4.79 Å². The van der Waals surface area contributed by atoms with Gasteiger partial charge in [-0.15, -0.1) is 0 Å². The highest BCUT2D eigenvalue weighted by Gasteiger charge is 2.30. The van der Waals surface area contributed by atoms with Crippen LogP contribution in [0.4, 0.5) is 4.79 Å². The van der Waals surface area contributed by atoms with Gasteiger partial charge in [-0.1, -0.05) is 0 Å². The molecule has 2 atom stereocenters. The fourth-order valence-electron chi connectivity index (χ4n) is 2.81. The lowest BCUT2D eigenvalue weighted by atomic mass is 10.0. The highest BCUT2D eigenvalue weighted by Crippen LogP contribution is 2.24. The van der Waals surface area contributed by atoms with E-state index >= 15 is 0 Å². The van der Waals surface area contributed by atoms with Crippen LogP contribution in [-0.4, -0.2) is 34.6 Å². The fourth-order valence-corrected chi connectivity index (χ4v) is 2.81. The molecule has 1 aliphatic rings. The second kappa shape index (κ2) is 6.51. The monoisotopic (exact) mass is 322 g/mol. The summed E-state index contributed by atoms with van der Waals surface area (Å²) >= 11 is 0. The van der Waals surface area contributed by atoms with Crippen LogP contribution in [0, 0.1) is 6.92 Å². The molecule has 2 amide bonds. The van der Waals surface area contributed by atoms with Gasteiger partial charge in [0.1, 0.15) is 0 Å². The van der Waals surface area contributed by atoms with E-state index in [1.807, 2.05) is 31.6 Å². The van der Waals surface area contributed by atoms with Crippen molar-refractivity contribution in [3.8, 4) is 0 Å². The van der Waals surface area contributed by atoms with Gasteiger partial charge in [-0.2, -0.15) is 5.10 Å². The smallest absolute Gasteiger partial charge is 0.315 e. The Morgan fingerprint density at radius 3 is 2.74 bits per heavy atom. The third-order valence-electron chi connectivity index (χ3n) is 4.36. The zero-order chi connectivity index (χ0) is 17.3. The van der Waals surface area contributed by atoms with Crippen LogP contribution in [0.25, 0.3) is 0 Å². The van der Waals surface area contributed by atoms with E-state index in [4.69, 9.17) is 4.74 Å². The van der Waals surface area contributed by atoms with E-state index in [0.717, 1.165) is 30.7 Å². The Morgan fingerprint density at radius 2 is 2.22 bits per heavy atom. The van der Waals surface area contributed by atoms with Crippen molar-refractivity contribution in [2.45, 2.75) is 71.6 Å². The summed E-state index contributed by atoms with van der Waals surface area (Å²) in [5, 5.41) is 10.5. The van der Waals surface area contributed by atoms with Crippen LogP contribution in [0.3, 0.4) is 0 Å². The summed E-state index contributed by atoms with van der Waals surface area (Å²) in [6.07, 6.45) is 4.06. The molecule has 0 saturated carbocycles. The van der Waals surface area contributed by atoms with Gasteiger partial charge in [0.15, 0.2) is 0 Å². The predicted molar refractivity (Wildman–Crippen MR) is 90.5 cm³/mol. The second-order valence-electron chi connectivity index (χ2n) is 7.74. The number of hydrogen-bond acceptors (Lipinski definition) is 3. The molecule has 0 aliphatic carbocycles. The average Bonchev–Trinajstić information content (AvgIpc) is 3.03. The lowest BCUT2D eigenvalue weighted by Gasteiger charge is -2.24. The zero-order valence-corrected chi connectivity index (χ0v) is 15.2. The summed E-state index contributed by atoms with van der Waals surface area (Å²) in [4.78, 5) is 12.1. The normalized spacial score (nSPS) is 22.9. The van der Waals surface area contributed by atoms with Gasteiger partial charge in [0.2, 0.25) is 0 Å². The summed E-state index contributed by atoms with van der Waals surface area (Å²) in [5.74, 6) is 0. The molecule has 1 aromatic rings. The lowest BCUT2D eigenvalue weighted by Crippen LogP contribution is -2.45. The van der Waals surface area contributed by atoms with Crippen LogP contribution < -0.4 is 10.6 Å². The Morgan fingerprint density at radius 1 is 1.52 bits per heavy atom. The van der Waals surface area contributed by atoms with Crippen LogP contribution in [0.15, 0.2) is 6.20 Å². The van der Waals surface area contributed by atoms with E-state index in [1.165, 1.54) is 0 Å². The van der Waals surface area contributed by atoms with Crippen LogP contribution in [0.1, 0.15) is 64.8 Å². The topological polar surface area (TPSA) is 68.2 Å². The number of ether oxygens (including phenoxy) is 1. The van der Waals surface area contributed by atoms with Crippen molar-refractivity contribution in [1.29, 1.82) is 0 Å². The largest absolute Gasteiger partial charge is 0.373 e. The highest BCUT2D eigenvalue weighted by molar-refractivity contribution is 5.74. The van der Waals surface area contributed by atoms with Gasteiger partial charge >= 0.3 is 6.03 Å². The van der Waals surface area contributed by atoms with Gasteiger partial charge in [0, 0.05) is 24.9 Å². The third kappa shape index (κ3) is 4.47. The predicted octanol–water partition coefficient (Wildman–Crippen LogP) is 2.88. The minimum Gasteiger partial charge on any atom is -0.373 e. The maximum atomic E-state index is 12.1. The van der Waals surface area contributed by atoms with Crippen LogP contribution in [0.2, 0.25) is 0 Å².